The normalized spacial score (nSPS) is 20.6. The number of phenols is 1. The molecule has 2 saturated heterocycles. The third-order valence-electron chi connectivity index (χ3n) is 8.00. The van der Waals surface area contributed by atoms with Gasteiger partial charge in [0.05, 0.1) is 5.56 Å². The predicted octanol–water partition coefficient (Wildman–Crippen LogP) is 5.27. The van der Waals surface area contributed by atoms with Crippen molar-refractivity contribution in [1.82, 2.24) is 9.80 Å². The predicted molar refractivity (Wildman–Crippen MR) is 143 cm³/mol. The van der Waals surface area contributed by atoms with Gasteiger partial charge < -0.3 is 19.2 Å². The van der Waals surface area contributed by atoms with Crippen molar-refractivity contribution < 1.29 is 14.3 Å². The smallest absolute Gasteiger partial charge is 0.336 e. The number of methoxy groups -OCH3 is 1. The second-order valence-electron chi connectivity index (χ2n) is 10.4. The molecule has 5 rings (SSSR count). The van der Waals surface area contributed by atoms with Gasteiger partial charge in [0.1, 0.15) is 11.3 Å². The van der Waals surface area contributed by atoms with Crippen LogP contribution in [0.15, 0.2) is 57.7 Å². The molecule has 0 aliphatic carbocycles. The Morgan fingerprint density at radius 3 is 2.75 bits per heavy atom. The molecule has 6 nitrogen and oxygen atoms in total. The number of aromatic hydroxyl groups is 1. The van der Waals surface area contributed by atoms with Gasteiger partial charge in [-0.05, 0) is 74.4 Å². The Morgan fingerprint density at radius 2 is 1.92 bits per heavy atom. The number of phenolic OH excluding ortho intramolecular Hbond substituents is 1. The number of benzene rings is 2. The number of ether oxygens (including phenoxy) is 1. The summed E-state index contributed by atoms with van der Waals surface area (Å²) in [7, 11) is 1.74. The molecule has 1 aromatic heterocycles. The van der Waals surface area contributed by atoms with Crippen LogP contribution in [0, 0.1) is 5.92 Å². The Kier molecular flexibility index (Phi) is 8.05. The average Bonchev–Trinajstić information content (AvgIpc) is 2.90. The molecular formula is C30H38N2O4. The van der Waals surface area contributed by atoms with Crippen molar-refractivity contribution in [3.63, 3.8) is 0 Å². The van der Waals surface area contributed by atoms with E-state index in [0.29, 0.717) is 36.3 Å². The van der Waals surface area contributed by atoms with Crippen LogP contribution >= 0.6 is 0 Å². The lowest BCUT2D eigenvalue weighted by molar-refractivity contribution is 0.0372. The van der Waals surface area contributed by atoms with Gasteiger partial charge in [-0.15, -0.1) is 0 Å². The van der Waals surface area contributed by atoms with Gasteiger partial charge in [-0.3, -0.25) is 4.90 Å². The molecule has 36 heavy (non-hydrogen) atoms. The molecule has 2 fully saturated rings. The maximum atomic E-state index is 12.6. The van der Waals surface area contributed by atoms with Gasteiger partial charge in [-0.2, -0.15) is 0 Å². The van der Waals surface area contributed by atoms with E-state index in [0.717, 1.165) is 36.0 Å². The van der Waals surface area contributed by atoms with E-state index in [1.54, 1.807) is 19.2 Å². The lowest BCUT2D eigenvalue weighted by atomic mass is 9.83. The molecule has 2 atom stereocenters. The summed E-state index contributed by atoms with van der Waals surface area (Å²) in [6.07, 6.45) is 7.33. The molecule has 0 bridgehead atoms. The van der Waals surface area contributed by atoms with Crippen molar-refractivity contribution in [1.29, 1.82) is 0 Å². The maximum absolute atomic E-state index is 12.6. The van der Waals surface area contributed by atoms with Gasteiger partial charge in [0.2, 0.25) is 0 Å². The van der Waals surface area contributed by atoms with E-state index in [1.807, 2.05) is 36.4 Å². The first-order valence-corrected chi connectivity index (χ1v) is 13.4. The number of nitrogens with zero attached hydrogens (tertiary/aromatic N) is 2. The van der Waals surface area contributed by atoms with E-state index < -0.39 is 5.63 Å². The van der Waals surface area contributed by atoms with E-state index in [-0.39, 0.29) is 5.75 Å². The molecule has 0 amide bonds. The lowest BCUT2D eigenvalue weighted by Crippen LogP contribution is -2.51. The van der Waals surface area contributed by atoms with Crippen LogP contribution in [0.4, 0.5) is 0 Å². The summed E-state index contributed by atoms with van der Waals surface area (Å²) in [5.74, 6) is 0.793. The molecule has 3 aromatic rings. The summed E-state index contributed by atoms with van der Waals surface area (Å²) in [6.45, 7) is 5.53. The highest BCUT2D eigenvalue weighted by molar-refractivity contribution is 5.95. The van der Waals surface area contributed by atoms with E-state index in [9.17, 15) is 9.90 Å². The highest BCUT2D eigenvalue weighted by Crippen LogP contribution is 2.35. The summed E-state index contributed by atoms with van der Waals surface area (Å²) in [5.41, 5.74) is 2.57. The van der Waals surface area contributed by atoms with E-state index in [4.69, 9.17) is 9.15 Å². The highest BCUT2D eigenvalue weighted by atomic mass is 16.5. The van der Waals surface area contributed by atoms with Crippen LogP contribution in [0.1, 0.15) is 44.1 Å². The zero-order valence-corrected chi connectivity index (χ0v) is 21.3. The monoisotopic (exact) mass is 490 g/mol. The molecule has 0 saturated carbocycles. The fourth-order valence-electron chi connectivity index (χ4n) is 6.29. The number of piperidine rings is 2. The Labute approximate surface area is 213 Å². The molecular weight excluding hydrogens is 452 g/mol. The zero-order valence-electron chi connectivity index (χ0n) is 21.3. The van der Waals surface area contributed by atoms with Crippen LogP contribution in [0.3, 0.4) is 0 Å². The van der Waals surface area contributed by atoms with Crippen LogP contribution in [0.25, 0.3) is 22.1 Å². The number of hydrogen-bond donors (Lipinski definition) is 1. The van der Waals surface area contributed by atoms with Crippen LogP contribution in [-0.4, -0.2) is 60.8 Å². The summed E-state index contributed by atoms with van der Waals surface area (Å²) in [6, 6.07) is 15.7. The molecule has 2 unspecified atom stereocenters. The minimum atomic E-state index is -0.399. The number of hydrogen-bond acceptors (Lipinski definition) is 6. The number of rotatable bonds is 9. The molecule has 6 heteroatoms. The molecule has 2 aliphatic rings. The largest absolute Gasteiger partial charge is 0.507 e. The molecule has 0 spiro atoms. The molecule has 192 valence electrons. The number of fused-ring (bicyclic) bond motifs is 2. The fraction of sp³-hybridized carbons (Fsp3) is 0.500. The van der Waals surface area contributed by atoms with Gasteiger partial charge >= 0.3 is 5.63 Å². The second kappa shape index (κ2) is 11.6. The standard InChI is InChI=1S/C30H38N2O4/c1-35-18-8-15-31(20-23-11-7-17-32-16-6-5-12-27(23)32)21-26-28(33)14-13-24-25(19-29(34)36-30(24)26)22-9-3-2-4-10-22/h2-4,9-10,13-14,19,23,27,33H,5-8,11-12,15-18,20-21H2,1H3. The van der Waals surface area contributed by atoms with Crippen molar-refractivity contribution in [2.75, 3.05) is 39.9 Å². The van der Waals surface area contributed by atoms with Crippen molar-refractivity contribution in [3.05, 3.63) is 64.5 Å². The summed E-state index contributed by atoms with van der Waals surface area (Å²) >= 11 is 0. The molecule has 3 heterocycles. The van der Waals surface area contributed by atoms with Crippen LogP contribution in [-0.2, 0) is 11.3 Å². The summed E-state index contributed by atoms with van der Waals surface area (Å²) in [4.78, 5) is 17.8. The zero-order chi connectivity index (χ0) is 24.9. The Morgan fingerprint density at radius 1 is 1.08 bits per heavy atom. The van der Waals surface area contributed by atoms with Crippen molar-refractivity contribution in [3.8, 4) is 16.9 Å². The van der Waals surface area contributed by atoms with Crippen molar-refractivity contribution in [2.24, 2.45) is 5.92 Å². The SMILES string of the molecule is COCCCN(Cc1c(O)ccc2c(-c3ccccc3)cc(=O)oc12)CC1CCCN2CCCCC12. The Hall–Kier alpha value is -2.67. The molecule has 1 N–H and O–H groups in total. The topological polar surface area (TPSA) is 66.2 Å². The first-order valence-electron chi connectivity index (χ1n) is 13.4. The van der Waals surface area contributed by atoms with Gasteiger partial charge in [0.15, 0.2) is 0 Å². The highest BCUT2D eigenvalue weighted by Gasteiger charge is 2.34. The Balaban J connectivity index is 1.47. The summed E-state index contributed by atoms with van der Waals surface area (Å²) < 4.78 is 11.1. The van der Waals surface area contributed by atoms with Gasteiger partial charge in [-0.1, -0.05) is 36.8 Å². The minimum Gasteiger partial charge on any atom is -0.507 e. The van der Waals surface area contributed by atoms with Crippen molar-refractivity contribution in [2.45, 2.75) is 51.1 Å². The molecule has 0 radical (unpaired) electrons. The second-order valence-corrected chi connectivity index (χ2v) is 10.4. The van der Waals surface area contributed by atoms with Crippen LogP contribution in [0.2, 0.25) is 0 Å². The van der Waals surface area contributed by atoms with E-state index in [2.05, 4.69) is 9.80 Å². The average molecular weight is 491 g/mol. The molecule has 2 aromatic carbocycles. The third kappa shape index (κ3) is 5.51. The first kappa shape index (κ1) is 25.0. The third-order valence-corrected chi connectivity index (χ3v) is 8.00. The van der Waals surface area contributed by atoms with Gasteiger partial charge in [-0.25, -0.2) is 4.79 Å². The maximum Gasteiger partial charge on any atom is 0.336 e. The van der Waals surface area contributed by atoms with E-state index in [1.165, 1.54) is 45.2 Å². The van der Waals surface area contributed by atoms with Crippen LogP contribution < -0.4 is 5.63 Å². The van der Waals surface area contributed by atoms with E-state index >= 15 is 0 Å². The quantitative estimate of drug-likeness (QED) is 0.326. The molecule has 2 aliphatic heterocycles. The van der Waals surface area contributed by atoms with Gasteiger partial charge in [0.25, 0.3) is 0 Å². The van der Waals surface area contributed by atoms with Crippen LogP contribution in [0.5, 0.6) is 5.75 Å². The van der Waals surface area contributed by atoms with Gasteiger partial charge in [0, 0.05) is 50.8 Å². The van der Waals surface area contributed by atoms with Crippen molar-refractivity contribution >= 4 is 11.0 Å². The first-order chi connectivity index (χ1) is 17.6. The Bertz CT molecular complexity index is 1210. The fourth-order valence-corrected chi connectivity index (χ4v) is 6.29. The lowest BCUT2D eigenvalue weighted by Gasteiger charge is -2.45. The summed E-state index contributed by atoms with van der Waals surface area (Å²) in [5, 5.41) is 11.8. The minimum absolute atomic E-state index is 0.176.